The zero-order valence-electron chi connectivity index (χ0n) is 15.0. The number of para-hydroxylation sites is 1. The van der Waals surface area contributed by atoms with Gasteiger partial charge >= 0.3 is 5.97 Å². The van der Waals surface area contributed by atoms with Gasteiger partial charge in [-0.25, -0.2) is 0 Å². The highest BCUT2D eigenvalue weighted by Gasteiger charge is 2.13. The van der Waals surface area contributed by atoms with Crippen LogP contribution in [0.1, 0.15) is 28.4 Å². The average molecular weight is 368 g/mol. The van der Waals surface area contributed by atoms with Gasteiger partial charge in [-0.2, -0.15) is 4.99 Å². The number of thiazole rings is 1. The smallest absolute Gasteiger partial charge is 0.326 e. The van der Waals surface area contributed by atoms with Gasteiger partial charge in [0.05, 0.1) is 16.8 Å². The van der Waals surface area contributed by atoms with E-state index in [-0.39, 0.29) is 18.4 Å². The van der Waals surface area contributed by atoms with Crippen LogP contribution in [0.25, 0.3) is 10.2 Å². The summed E-state index contributed by atoms with van der Waals surface area (Å²) in [4.78, 5) is 29.4. The first-order valence-electron chi connectivity index (χ1n) is 8.39. The molecule has 0 aliphatic rings. The summed E-state index contributed by atoms with van der Waals surface area (Å²) in [6.45, 7) is 6.00. The predicted octanol–water partition coefficient (Wildman–Crippen LogP) is 3.62. The number of fused-ring (bicyclic) bond motifs is 1. The highest BCUT2D eigenvalue weighted by molar-refractivity contribution is 7.16. The molecule has 0 aliphatic heterocycles. The maximum atomic E-state index is 12.7. The summed E-state index contributed by atoms with van der Waals surface area (Å²) in [6, 6.07) is 13.3. The number of esters is 1. The monoisotopic (exact) mass is 368 g/mol. The van der Waals surface area contributed by atoms with E-state index in [2.05, 4.69) is 4.99 Å². The second-order valence-corrected chi connectivity index (χ2v) is 7.05. The van der Waals surface area contributed by atoms with Crippen LogP contribution in [0.4, 0.5) is 0 Å². The fourth-order valence-corrected chi connectivity index (χ4v) is 3.87. The number of amides is 1. The van der Waals surface area contributed by atoms with Crippen molar-refractivity contribution >= 4 is 33.4 Å². The SMILES string of the molecule is CCOC(=O)Cn1c(=NC(=O)c2cc(C)cc(C)c2)sc2ccccc21. The van der Waals surface area contributed by atoms with Gasteiger partial charge in [-0.3, -0.25) is 9.59 Å². The Balaban J connectivity index is 2.09. The standard InChI is InChI=1S/C20H20N2O3S/c1-4-25-18(23)12-22-16-7-5-6-8-17(16)26-20(22)21-19(24)15-10-13(2)9-14(3)11-15/h5-11H,4,12H2,1-3H3. The van der Waals surface area contributed by atoms with Gasteiger partial charge in [-0.15, -0.1) is 0 Å². The first-order valence-corrected chi connectivity index (χ1v) is 9.21. The summed E-state index contributed by atoms with van der Waals surface area (Å²) in [6.07, 6.45) is 0. The van der Waals surface area contributed by atoms with E-state index in [1.54, 1.807) is 11.5 Å². The fraction of sp³-hybridized carbons (Fsp3) is 0.250. The quantitative estimate of drug-likeness (QED) is 0.661. The summed E-state index contributed by atoms with van der Waals surface area (Å²) < 4.78 is 7.75. The van der Waals surface area contributed by atoms with E-state index in [1.165, 1.54) is 11.3 Å². The molecule has 134 valence electrons. The van der Waals surface area contributed by atoms with Crippen LogP contribution < -0.4 is 4.80 Å². The molecule has 0 unspecified atom stereocenters. The number of aromatic nitrogens is 1. The van der Waals surface area contributed by atoms with Crippen LogP contribution in [-0.4, -0.2) is 23.1 Å². The third kappa shape index (κ3) is 3.91. The van der Waals surface area contributed by atoms with Crippen molar-refractivity contribution in [3.63, 3.8) is 0 Å². The molecule has 0 radical (unpaired) electrons. The normalized spacial score (nSPS) is 11.7. The lowest BCUT2D eigenvalue weighted by Gasteiger charge is -2.05. The second-order valence-electron chi connectivity index (χ2n) is 6.04. The molecule has 0 saturated carbocycles. The van der Waals surface area contributed by atoms with Crippen LogP contribution in [0, 0.1) is 13.8 Å². The lowest BCUT2D eigenvalue weighted by atomic mass is 10.1. The van der Waals surface area contributed by atoms with Crippen LogP contribution in [0.3, 0.4) is 0 Å². The molecule has 0 atom stereocenters. The van der Waals surface area contributed by atoms with E-state index in [9.17, 15) is 9.59 Å². The Bertz CT molecular complexity index is 1030. The Kier molecular flexibility index (Phi) is 5.32. The van der Waals surface area contributed by atoms with Gasteiger partial charge in [0.25, 0.3) is 5.91 Å². The van der Waals surface area contributed by atoms with Crippen LogP contribution >= 0.6 is 11.3 Å². The van der Waals surface area contributed by atoms with Crippen molar-refractivity contribution in [3.8, 4) is 0 Å². The Labute approximate surface area is 155 Å². The average Bonchev–Trinajstić information content (AvgIpc) is 2.91. The molecule has 0 N–H and O–H groups in total. The summed E-state index contributed by atoms with van der Waals surface area (Å²) in [5.41, 5.74) is 3.43. The maximum absolute atomic E-state index is 12.7. The summed E-state index contributed by atoms with van der Waals surface area (Å²) in [7, 11) is 0. The van der Waals surface area contributed by atoms with E-state index in [0.717, 1.165) is 21.3 Å². The van der Waals surface area contributed by atoms with Crippen LogP contribution in [0.5, 0.6) is 0 Å². The topological polar surface area (TPSA) is 60.7 Å². The number of benzene rings is 2. The van der Waals surface area contributed by atoms with E-state index >= 15 is 0 Å². The van der Waals surface area contributed by atoms with E-state index in [4.69, 9.17) is 4.74 Å². The van der Waals surface area contributed by atoms with E-state index in [1.807, 2.05) is 56.3 Å². The number of carbonyl (C=O) groups is 2. The zero-order valence-corrected chi connectivity index (χ0v) is 15.8. The predicted molar refractivity (Wildman–Crippen MR) is 102 cm³/mol. The molecule has 1 amide bonds. The Hall–Kier alpha value is -2.73. The Morgan fingerprint density at radius 3 is 2.50 bits per heavy atom. The van der Waals surface area contributed by atoms with Gasteiger partial charge < -0.3 is 9.30 Å². The lowest BCUT2D eigenvalue weighted by molar-refractivity contribution is -0.143. The number of aryl methyl sites for hydroxylation is 2. The Morgan fingerprint density at radius 2 is 1.81 bits per heavy atom. The van der Waals surface area contributed by atoms with Crippen molar-refractivity contribution in [2.75, 3.05) is 6.61 Å². The fourth-order valence-electron chi connectivity index (χ4n) is 2.84. The molecule has 0 saturated heterocycles. The van der Waals surface area contributed by atoms with Crippen molar-refractivity contribution in [2.45, 2.75) is 27.3 Å². The van der Waals surface area contributed by atoms with Gasteiger partial charge in [0.2, 0.25) is 0 Å². The largest absolute Gasteiger partial charge is 0.465 e. The summed E-state index contributed by atoms with van der Waals surface area (Å²) in [5.74, 6) is -0.669. The van der Waals surface area contributed by atoms with Crippen LogP contribution in [0.2, 0.25) is 0 Å². The molecule has 0 aliphatic carbocycles. The summed E-state index contributed by atoms with van der Waals surface area (Å²) >= 11 is 1.38. The molecule has 26 heavy (non-hydrogen) atoms. The number of nitrogens with zero attached hydrogens (tertiary/aromatic N) is 2. The minimum Gasteiger partial charge on any atom is -0.465 e. The summed E-state index contributed by atoms with van der Waals surface area (Å²) in [5, 5.41) is 0. The molecule has 3 aromatic rings. The number of hydrogen-bond donors (Lipinski definition) is 0. The van der Waals surface area contributed by atoms with Gasteiger partial charge in [0.1, 0.15) is 6.54 Å². The van der Waals surface area contributed by atoms with Gasteiger partial charge in [0, 0.05) is 5.56 Å². The minimum atomic E-state index is -0.351. The molecular weight excluding hydrogens is 348 g/mol. The van der Waals surface area contributed by atoms with E-state index in [0.29, 0.717) is 17.0 Å². The molecule has 0 fully saturated rings. The molecule has 0 bridgehead atoms. The number of rotatable bonds is 4. The van der Waals surface area contributed by atoms with Crippen molar-refractivity contribution in [2.24, 2.45) is 4.99 Å². The highest BCUT2D eigenvalue weighted by atomic mass is 32.1. The second kappa shape index (κ2) is 7.66. The number of ether oxygens (including phenoxy) is 1. The first kappa shape index (κ1) is 18.1. The number of carbonyl (C=O) groups excluding carboxylic acids is 2. The zero-order chi connectivity index (χ0) is 18.7. The third-order valence-electron chi connectivity index (χ3n) is 3.85. The first-order chi connectivity index (χ1) is 12.5. The molecule has 1 aromatic heterocycles. The van der Waals surface area contributed by atoms with Crippen molar-refractivity contribution in [1.82, 2.24) is 4.57 Å². The lowest BCUT2D eigenvalue weighted by Crippen LogP contribution is -2.23. The van der Waals surface area contributed by atoms with Crippen molar-refractivity contribution < 1.29 is 14.3 Å². The molecule has 0 spiro atoms. The van der Waals surface area contributed by atoms with Crippen LogP contribution in [0.15, 0.2) is 47.5 Å². The van der Waals surface area contributed by atoms with Gasteiger partial charge in [-0.1, -0.05) is 40.7 Å². The maximum Gasteiger partial charge on any atom is 0.326 e. The van der Waals surface area contributed by atoms with Gasteiger partial charge in [-0.05, 0) is 45.0 Å². The molecular formula is C20H20N2O3S. The molecule has 3 rings (SSSR count). The highest BCUT2D eigenvalue weighted by Crippen LogP contribution is 2.17. The molecule has 1 heterocycles. The molecule has 6 heteroatoms. The van der Waals surface area contributed by atoms with Crippen molar-refractivity contribution in [1.29, 1.82) is 0 Å². The number of hydrogen-bond acceptors (Lipinski definition) is 4. The van der Waals surface area contributed by atoms with Crippen molar-refractivity contribution in [3.05, 3.63) is 64.0 Å². The molecule has 2 aromatic carbocycles. The third-order valence-corrected chi connectivity index (χ3v) is 4.91. The van der Waals surface area contributed by atoms with Gasteiger partial charge in [0.15, 0.2) is 4.80 Å². The minimum absolute atomic E-state index is 0.0246. The van der Waals surface area contributed by atoms with Crippen LogP contribution in [-0.2, 0) is 16.1 Å². The Morgan fingerprint density at radius 1 is 1.12 bits per heavy atom. The molecule has 5 nitrogen and oxygen atoms in total. The van der Waals surface area contributed by atoms with E-state index < -0.39 is 0 Å².